The fraction of sp³-hybridized carbons (Fsp3) is 0.167. The molecule has 0 bridgehead atoms. The number of fused-ring (bicyclic) bond motifs is 1. The Morgan fingerprint density at radius 3 is 2.50 bits per heavy atom. The van der Waals surface area contributed by atoms with Crippen LogP contribution < -0.4 is 15.4 Å². The van der Waals surface area contributed by atoms with E-state index in [0.717, 1.165) is 21.9 Å². The fourth-order valence-electron chi connectivity index (χ4n) is 3.79. The number of carbonyl (C=O) groups excluding carboxylic acids is 1. The van der Waals surface area contributed by atoms with Gasteiger partial charge in [-0.25, -0.2) is 4.79 Å². The van der Waals surface area contributed by atoms with E-state index in [1.807, 2.05) is 66.7 Å². The van der Waals surface area contributed by atoms with Gasteiger partial charge in [0.25, 0.3) is 0 Å². The molecule has 1 atom stereocenters. The Hall–Kier alpha value is -3.38. The molecule has 1 aliphatic heterocycles. The third-order valence-corrected chi connectivity index (χ3v) is 5.29. The van der Waals surface area contributed by atoms with E-state index in [-0.39, 0.29) is 6.61 Å². The van der Waals surface area contributed by atoms with Gasteiger partial charge in [0.2, 0.25) is 0 Å². The lowest BCUT2D eigenvalue weighted by molar-refractivity contribution is -0.138. The molecule has 1 heterocycles. The molecule has 0 saturated carbocycles. The number of thiocarbonyl (C=S) groups is 1. The number of carbonyl (C=O) groups is 1. The molecule has 0 fully saturated rings. The second-order valence-corrected chi connectivity index (χ2v) is 7.22. The van der Waals surface area contributed by atoms with Crippen molar-refractivity contribution in [3.63, 3.8) is 0 Å². The first-order chi connectivity index (χ1) is 14.6. The molecular formula is C24H22N2O3S. The van der Waals surface area contributed by atoms with Crippen molar-refractivity contribution in [1.82, 2.24) is 10.6 Å². The predicted octanol–water partition coefficient (Wildman–Crippen LogP) is 4.34. The summed E-state index contributed by atoms with van der Waals surface area (Å²) in [6, 6.07) is 21.0. The number of ether oxygens (including phenoxy) is 2. The van der Waals surface area contributed by atoms with Crippen molar-refractivity contribution in [2.45, 2.75) is 13.0 Å². The lowest BCUT2D eigenvalue weighted by atomic mass is 9.89. The molecule has 1 aliphatic rings. The number of rotatable bonds is 5. The highest BCUT2D eigenvalue weighted by atomic mass is 32.1. The molecule has 0 aliphatic carbocycles. The molecular weight excluding hydrogens is 396 g/mol. The van der Waals surface area contributed by atoms with Crippen LogP contribution in [0.25, 0.3) is 16.5 Å². The number of nitrogens with one attached hydrogen (secondary N) is 2. The monoisotopic (exact) mass is 418 g/mol. The van der Waals surface area contributed by atoms with Crippen LogP contribution in [0.15, 0.2) is 72.3 Å². The lowest BCUT2D eigenvalue weighted by Gasteiger charge is -2.32. The van der Waals surface area contributed by atoms with Gasteiger partial charge in [-0.1, -0.05) is 60.7 Å². The first-order valence-corrected chi connectivity index (χ1v) is 10.1. The van der Waals surface area contributed by atoms with Crippen LogP contribution in [0.1, 0.15) is 24.1 Å². The fourth-order valence-corrected chi connectivity index (χ4v) is 4.01. The van der Waals surface area contributed by atoms with Crippen molar-refractivity contribution in [3.05, 3.63) is 83.4 Å². The summed E-state index contributed by atoms with van der Waals surface area (Å²) in [4.78, 5) is 13.2. The number of benzene rings is 3. The summed E-state index contributed by atoms with van der Waals surface area (Å²) < 4.78 is 11.1. The quantitative estimate of drug-likeness (QED) is 0.475. The summed E-state index contributed by atoms with van der Waals surface area (Å²) in [5.74, 6) is 0.268. The molecule has 5 nitrogen and oxygen atoms in total. The highest BCUT2D eigenvalue weighted by Crippen LogP contribution is 2.40. The Kier molecular flexibility index (Phi) is 5.68. The molecule has 4 rings (SSSR count). The molecule has 0 unspecified atom stereocenters. The van der Waals surface area contributed by atoms with Crippen molar-refractivity contribution in [2.24, 2.45) is 0 Å². The number of hydrogen-bond donors (Lipinski definition) is 2. The van der Waals surface area contributed by atoms with Gasteiger partial charge in [-0.3, -0.25) is 0 Å². The zero-order valence-electron chi connectivity index (χ0n) is 16.8. The molecule has 0 aromatic heterocycles. The SMILES string of the molecule is CCOC(=O)C1=C(c2ccccc2)NC(=S)N[C@H]1c1c(OC)ccc2ccccc12. The molecule has 30 heavy (non-hydrogen) atoms. The lowest BCUT2D eigenvalue weighted by Crippen LogP contribution is -2.45. The van der Waals surface area contributed by atoms with Crippen molar-refractivity contribution in [3.8, 4) is 5.75 Å². The van der Waals surface area contributed by atoms with Gasteiger partial charge in [-0.05, 0) is 41.5 Å². The predicted molar refractivity (Wildman–Crippen MR) is 122 cm³/mol. The first kappa shape index (κ1) is 19.9. The Morgan fingerprint density at radius 1 is 1.03 bits per heavy atom. The van der Waals surface area contributed by atoms with Crippen molar-refractivity contribution < 1.29 is 14.3 Å². The maximum Gasteiger partial charge on any atom is 0.338 e. The molecule has 0 spiro atoms. The van der Waals surface area contributed by atoms with Crippen LogP contribution in [-0.2, 0) is 9.53 Å². The normalized spacial score (nSPS) is 16.1. The first-order valence-electron chi connectivity index (χ1n) is 9.74. The van der Waals surface area contributed by atoms with Crippen LogP contribution in [0.3, 0.4) is 0 Å². The Morgan fingerprint density at radius 2 is 1.77 bits per heavy atom. The van der Waals surface area contributed by atoms with Gasteiger partial charge in [0.1, 0.15) is 5.75 Å². The molecule has 6 heteroatoms. The van der Waals surface area contributed by atoms with Gasteiger partial charge >= 0.3 is 5.97 Å². The zero-order valence-corrected chi connectivity index (χ0v) is 17.6. The molecule has 0 amide bonds. The smallest absolute Gasteiger partial charge is 0.338 e. The van der Waals surface area contributed by atoms with Gasteiger partial charge in [0.05, 0.1) is 31.0 Å². The standard InChI is InChI=1S/C24H22N2O3S/c1-3-29-23(27)20-21(16-10-5-4-6-11-16)25-24(30)26-22(20)19-17-12-8-7-9-15(17)13-14-18(19)28-2/h4-14,22H,3H2,1-2H3,(H2,25,26,30)/t22-/m0/s1. The van der Waals surface area contributed by atoms with Crippen molar-refractivity contribution in [1.29, 1.82) is 0 Å². The Bertz CT molecular complexity index is 1140. The van der Waals surface area contributed by atoms with Crippen LogP contribution in [0, 0.1) is 0 Å². The molecule has 152 valence electrons. The Balaban J connectivity index is 2.02. The van der Waals surface area contributed by atoms with Crippen LogP contribution in [0.5, 0.6) is 5.75 Å². The second-order valence-electron chi connectivity index (χ2n) is 6.81. The van der Waals surface area contributed by atoms with Crippen LogP contribution in [0.4, 0.5) is 0 Å². The van der Waals surface area contributed by atoms with E-state index in [1.165, 1.54) is 0 Å². The maximum absolute atomic E-state index is 13.2. The summed E-state index contributed by atoms with van der Waals surface area (Å²) in [5.41, 5.74) is 2.80. The summed E-state index contributed by atoms with van der Waals surface area (Å²) in [6.07, 6.45) is 0. The minimum atomic E-state index is -0.533. The number of methoxy groups -OCH3 is 1. The third kappa shape index (κ3) is 3.62. The van der Waals surface area contributed by atoms with Gasteiger partial charge in [-0.2, -0.15) is 0 Å². The van der Waals surface area contributed by atoms with Crippen LogP contribution >= 0.6 is 12.2 Å². The average Bonchev–Trinajstić information content (AvgIpc) is 2.78. The van der Waals surface area contributed by atoms with Gasteiger partial charge in [0, 0.05) is 5.56 Å². The van der Waals surface area contributed by atoms with Gasteiger partial charge in [-0.15, -0.1) is 0 Å². The average molecular weight is 419 g/mol. The Labute approximate surface area is 180 Å². The summed E-state index contributed by atoms with van der Waals surface area (Å²) in [6.45, 7) is 2.07. The van der Waals surface area contributed by atoms with Crippen LogP contribution in [-0.4, -0.2) is 24.8 Å². The van der Waals surface area contributed by atoms with E-state index in [4.69, 9.17) is 21.7 Å². The van der Waals surface area contributed by atoms with Gasteiger partial charge in [0.15, 0.2) is 5.11 Å². The highest BCUT2D eigenvalue weighted by Gasteiger charge is 2.35. The highest BCUT2D eigenvalue weighted by molar-refractivity contribution is 7.80. The molecule has 3 aromatic carbocycles. The minimum absolute atomic E-state index is 0.272. The minimum Gasteiger partial charge on any atom is -0.496 e. The summed E-state index contributed by atoms with van der Waals surface area (Å²) >= 11 is 5.52. The molecule has 0 radical (unpaired) electrons. The van der Waals surface area contributed by atoms with E-state index in [1.54, 1.807) is 14.0 Å². The van der Waals surface area contributed by atoms with Crippen molar-refractivity contribution in [2.75, 3.05) is 13.7 Å². The van der Waals surface area contributed by atoms with E-state index >= 15 is 0 Å². The number of hydrogen-bond acceptors (Lipinski definition) is 4. The molecule has 2 N–H and O–H groups in total. The zero-order chi connectivity index (χ0) is 21.1. The van der Waals surface area contributed by atoms with E-state index < -0.39 is 12.0 Å². The van der Waals surface area contributed by atoms with E-state index in [9.17, 15) is 4.79 Å². The van der Waals surface area contributed by atoms with Gasteiger partial charge < -0.3 is 20.1 Å². The largest absolute Gasteiger partial charge is 0.496 e. The van der Waals surface area contributed by atoms with E-state index in [0.29, 0.717) is 22.1 Å². The third-order valence-electron chi connectivity index (χ3n) is 5.07. The van der Waals surface area contributed by atoms with Crippen molar-refractivity contribution >= 4 is 39.8 Å². The maximum atomic E-state index is 13.2. The van der Waals surface area contributed by atoms with E-state index in [2.05, 4.69) is 10.6 Å². The number of esters is 1. The molecule has 3 aromatic rings. The van der Waals surface area contributed by atoms with Crippen LogP contribution in [0.2, 0.25) is 0 Å². The summed E-state index contributed by atoms with van der Waals surface area (Å²) in [5, 5.41) is 8.89. The molecule has 0 saturated heterocycles. The summed E-state index contributed by atoms with van der Waals surface area (Å²) in [7, 11) is 1.62. The second kappa shape index (κ2) is 8.55. The topological polar surface area (TPSA) is 59.6 Å².